The third kappa shape index (κ3) is 5.24. The van der Waals surface area contributed by atoms with Crippen LogP contribution in [0.3, 0.4) is 0 Å². The van der Waals surface area contributed by atoms with Crippen LogP contribution in [-0.4, -0.2) is 21.4 Å². The molecule has 1 amide bonds. The molecule has 0 aliphatic carbocycles. The van der Waals surface area contributed by atoms with Crippen molar-refractivity contribution in [2.24, 2.45) is 0 Å². The maximum Gasteiger partial charge on any atom is 0.237 e. The molecule has 27 heavy (non-hydrogen) atoms. The summed E-state index contributed by atoms with van der Waals surface area (Å²) in [6, 6.07) is 11.1. The number of hydrogen-bond acceptors (Lipinski definition) is 6. The van der Waals surface area contributed by atoms with E-state index in [1.54, 1.807) is 6.92 Å². The maximum absolute atomic E-state index is 13.2. The van der Waals surface area contributed by atoms with Gasteiger partial charge in [-0.2, -0.15) is 0 Å². The summed E-state index contributed by atoms with van der Waals surface area (Å²) in [6.45, 7) is 3.70. The molecule has 0 bridgehead atoms. The topological polar surface area (TPSA) is 66.9 Å². The molecule has 0 radical (unpaired) electrons. The van der Waals surface area contributed by atoms with E-state index in [1.165, 1.54) is 29.2 Å². The fraction of sp³-hybridized carbons (Fsp3) is 0.167. The van der Waals surface area contributed by atoms with E-state index in [0.717, 1.165) is 23.4 Å². The van der Waals surface area contributed by atoms with Crippen molar-refractivity contribution in [2.45, 2.75) is 23.4 Å². The number of hydrogen-bond donors (Lipinski definition) is 2. The molecule has 3 rings (SSSR count). The number of aromatic nitrogens is 2. The summed E-state index contributed by atoms with van der Waals surface area (Å²) in [4.78, 5) is 12.2. The quantitative estimate of drug-likeness (QED) is 0.565. The number of halogens is 2. The van der Waals surface area contributed by atoms with Crippen LogP contribution in [0.25, 0.3) is 0 Å². The zero-order valence-corrected chi connectivity index (χ0v) is 16.1. The summed E-state index contributed by atoms with van der Waals surface area (Å²) in [6.07, 6.45) is 0. The lowest BCUT2D eigenvalue weighted by Crippen LogP contribution is -2.22. The minimum Gasteiger partial charge on any atom is -0.330 e. The third-order valence-electron chi connectivity index (χ3n) is 3.51. The van der Waals surface area contributed by atoms with Gasteiger partial charge in [0, 0.05) is 17.4 Å². The van der Waals surface area contributed by atoms with Gasteiger partial charge in [-0.15, -0.1) is 10.2 Å². The maximum atomic E-state index is 13.2. The van der Waals surface area contributed by atoms with Gasteiger partial charge in [0.2, 0.25) is 11.0 Å². The van der Waals surface area contributed by atoms with E-state index in [2.05, 4.69) is 20.8 Å². The van der Waals surface area contributed by atoms with Crippen LogP contribution in [0.2, 0.25) is 0 Å². The summed E-state index contributed by atoms with van der Waals surface area (Å²) in [7, 11) is 0. The Morgan fingerprint density at radius 1 is 1.11 bits per heavy atom. The van der Waals surface area contributed by atoms with Crippen LogP contribution in [0.15, 0.2) is 46.8 Å². The van der Waals surface area contributed by atoms with Gasteiger partial charge < -0.3 is 10.6 Å². The molecule has 0 saturated heterocycles. The van der Waals surface area contributed by atoms with Crippen LogP contribution in [0.1, 0.15) is 12.5 Å². The monoisotopic (exact) mass is 406 g/mol. The lowest BCUT2D eigenvalue weighted by molar-refractivity contribution is -0.115. The zero-order chi connectivity index (χ0) is 19.4. The van der Waals surface area contributed by atoms with E-state index in [-0.39, 0.29) is 11.6 Å². The largest absolute Gasteiger partial charge is 0.330 e. The van der Waals surface area contributed by atoms with E-state index >= 15 is 0 Å². The molecule has 2 aromatic carbocycles. The van der Waals surface area contributed by atoms with Crippen LogP contribution >= 0.6 is 23.1 Å². The summed E-state index contributed by atoms with van der Waals surface area (Å²) in [5.74, 6) is -2.31. The second kappa shape index (κ2) is 8.45. The zero-order valence-electron chi connectivity index (χ0n) is 14.5. The molecule has 2 N–H and O–H groups in total. The Kier molecular flexibility index (Phi) is 6.02. The lowest BCUT2D eigenvalue weighted by Gasteiger charge is -2.10. The summed E-state index contributed by atoms with van der Waals surface area (Å²) >= 11 is 2.57. The molecule has 5 nitrogen and oxygen atoms in total. The standard InChI is InChI=1S/C18H16F2N4OS2/c1-10-4-3-5-12(8-10)22-17-23-24-18(27-17)26-11(2)16(25)21-13-6-7-14(19)15(20)9-13/h3-9,11H,1-2H3,(H,21,25)(H,22,23)/t11-/m0/s1. The van der Waals surface area contributed by atoms with Crippen LogP contribution in [0.5, 0.6) is 0 Å². The van der Waals surface area contributed by atoms with Crippen LogP contribution in [0.4, 0.5) is 25.3 Å². The smallest absolute Gasteiger partial charge is 0.237 e. The Labute approximate surface area is 163 Å². The van der Waals surface area contributed by atoms with Crippen LogP contribution in [0, 0.1) is 18.6 Å². The van der Waals surface area contributed by atoms with Gasteiger partial charge >= 0.3 is 0 Å². The minimum atomic E-state index is -1.01. The lowest BCUT2D eigenvalue weighted by atomic mass is 10.2. The highest BCUT2D eigenvalue weighted by molar-refractivity contribution is 8.02. The summed E-state index contributed by atoms with van der Waals surface area (Å²) in [5, 5.41) is 14.0. The number of nitrogens with zero attached hydrogens (tertiary/aromatic N) is 2. The Bertz CT molecular complexity index is 964. The van der Waals surface area contributed by atoms with Crippen molar-refractivity contribution in [1.29, 1.82) is 0 Å². The van der Waals surface area contributed by atoms with Gasteiger partial charge in [0.15, 0.2) is 16.0 Å². The number of carbonyl (C=O) groups excluding carboxylic acids is 1. The molecule has 1 atom stereocenters. The number of anilines is 3. The second-order valence-electron chi connectivity index (χ2n) is 5.75. The highest BCUT2D eigenvalue weighted by Gasteiger charge is 2.18. The van der Waals surface area contributed by atoms with Gasteiger partial charge in [0.25, 0.3) is 0 Å². The van der Waals surface area contributed by atoms with Gasteiger partial charge in [0.1, 0.15) is 0 Å². The van der Waals surface area contributed by atoms with Crippen molar-refractivity contribution < 1.29 is 13.6 Å². The average Bonchev–Trinajstić information content (AvgIpc) is 3.05. The predicted octanol–water partition coefficient (Wildman–Crippen LogP) is 4.99. The average molecular weight is 406 g/mol. The third-order valence-corrected chi connectivity index (χ3v) is 5.53. The Morgan fingerprint density at radius 2 is 1.93 bits per heavy atom. The molecule has 3 aromatic rings. The molecule has 1 aromatic heterocycles. The SMILES string of the molecule is Cc1cccc(Nc2nnc(S[C@@H](C)C(=O)Nc3ccc(F)c(F)c3)s2)c1. The number of benzene rings is 2. The van der Waals surface area contributed by atoms with Crippen molar-refractivity contribution >= 4 is 45.5 Å². The molecule has 0 aliphatic heterocycles. The number of rotatable bonds is 6. The molecule has 0 aliphatic rings. The number of carbonyl (C=O) groups is 1. The molecular formula is C18H16F2N4OS2. The van der Waals surface area contributed by atoms with E-state index in [1.807, 2.05) is 31.2 Å². The normalized spacial score (nSPS) is 11.9. The summed E-state index contributed by atoms with van der Waals surface area (Å²) in [5.41, 5.74) is 2.24. The Balaban J connectivity index is 1.58. The van der Waals surface area contributed by atoms with E-state index in [9.17, 15) is 13.6 Å². The number of thioether (sulfide) groups is 1. The first-order valence-corrected chi connectivity index (χ1v) is 9.70. The first-order chi connectivity index (χ1) is 12.9. The van der Waals surface area contributed by atoms with Crippen molar-refractivity contribution in [3.63, 3.8) is 0 Å². The molecule has 1 heterocycles. The highest BCUT2D eigenvalue weighted by atomic mass is 32.2. The fourth-order valence-corrected chi connectivity index (χ4v) is 4.09. The second-order valence-corrected chi connectivity index (χ2v) is 8.31. The van der Waals surface area contributed by atoms with Gasteiger partial charge in [-0.05, 0) is 43.7 Å². The van der Waals surface area contributed by atoms with Crippen LogP contribution in [-0.2, 0) is 4.79 Å². The highest BCUT2D eigenvalue weighted by Crippen LogP contribution is 2.31. The van der Waals surface area contributed by atoms with Crippen LogP contribution < -0.4 is 10.6 Å². The molecule has 0 fully saturated rings. The molecule has 0 unspecified atom stereocenters. The molecule has 0 saturated carbocycles. The van der Waals surface area contributed by atoms with Gasteiger partial charge in [-0.3, -0.25) is 4.79 Å². The van der Waals surface area contributed by atoms with Gasteiger partial charge in [-0.25, -0.2) is 8.78 Å². The number of aryl methyl sites for hydroxylation is 1. The molecule has 9 heteroatoms. The van der Waals surface area contributed by atoms with E-state index in [4.69, 9.17) is 0 Å². The molecular weight excluding hydrogens is 390 g/mol. The molecule has 0 spiro atoms. The van der Waals surface area contributed by atoms with E-state index < -0.39 is 16.9 Å². The van der Waals surface area contributed by atoms with Crippen molar-refractivity contribution in [3.8, 4) is 0 Å². The first kappa shape index (κ1) is 19.2. The fourth-order valence-electron chi connectivity index (χ4n) is 2.18. The van der Waals surface area contributed by atoms with Crippen molar-refractivity contribution in [3.05, 3.63) is 59.7 Å². The number of amides is 1. The Morgan fingerprint density at radius 3 is 2.67 bits per heavy atom. The van der Waals surface area contributed by atoms with Crippen molar-refractivity contribution in [2.75, 3.05) is 10.6 Å². The molecule has 140 valence electrons. The minimum absolute atomic E-state index is 0.199. The Hall–Kier alpha value is -2.52. The van der Waals surface area contributed by atoms with E-state index in [0.29, 0.717) is 9.47 Å². The van der Waals surface area contributed by atoms with Gasteiger partial charge in [0.05, 0.1) is 5.25 Å². The number of nitrogens with one attached hydrogen (secondary N) is 2. The first-order valence-electron chi connectivity index (χ1n) is 8.00. The van der Waals surface area contributed by atoms with Crippen molar-refractivity contribution in [1.82, 2.24) is 10.2 Å². The van der Waals surface area contributed by atoms with Gasteiger partial charge in [-0.1, -0.05) is 35.2 Å². The summed E-state index contributed by atoms with van der Waals surface area (Å²) < 4.78 is 26.8. The predicted molar refractivity (Wildman–Crippen MR) is 105 cm³/mol.